The van der Waals surface area contributed by atoms with E-state index in [1.807, 2.05) is 27.7 Å². The summed E-state index contributed by atoms with van der Waals surface area (Å²) in [7, 11) is -0.679. The Hall–Kier alpha value is -1.57. The minimum absolute atomic E-state index is 0.195. The first-order valence-electron chi connectivity index (χ1n) is 6.72. The van der Waals surface area contributed by atoms with Crippen LogP contribution < -0.4 is 5.73 Å². The van der Waals surface area contributed by atoms with Gasteiger partial charge in [0.1, 0.15) is 11.3 Å². The monoisotopic (exact) mass is 293 g/mol. The van der Waals surface area contributed by atoms with Crippen molar-refractivity contribution in [3.8, 4) is 5.75 Å². The van der Waals surface area contributed by atoms with Crippen LogP contribution in [0.5, 0.6) is 5.75 Å². The molecule has 1 aromatic rings. The number of hydrogen-bond acceptors (Lipinski definition) is 5. The highest BCUT2D eigenvalue weighted by Crippen LogP contribution is 2.39. The fourth-order valence-electron chi connectivity index (χ4n) is 2.12. The third-order valence-corrected chi connectivity index (χ3v) is 4.20. The van der Waals surface area contributed by atoms with Gasteiger partial charge in [0.15, 0.2) is 0 Å². The summed E-state index contributed by atoms with van der Waals surface area (Å²) in [5.41, 5.74) is 5.45. The van der Waals surface area contributed by atoms with Gasteiger partial charge < -0.3 is 25.3 Å². The molecule has 0 radical (unpaired) electrons. The Balaban J connectivity index is 2.28. The highest BCUT2D eigenvalue weighted by molar-refractivity contribution is 6.47. The lowest BCUT2D eigenvalue weighted by Crippen LogP contribution is -2.41. The number of benzene rings is 1. The van der Waals surface area contributed by atoms with Crippen molar-refractivity contribution < 1.29 is 24.3 Å². The zero-order chi connectivity index (χ0) is 16.0. The quantitative estimate of drug-likeness (QED) is 0.733. The van der Waals surface area contributed by atoms with Gasteiger partial charge in [-0.25, -0.2) is 4.79 Å². The summed E-state index contributed by atoms with van der Waals surface area (Å²) in [4.78, 5) is 11.1. The second-order valence-corrected chi connectivity index (χ2v) is 6.23. The van der Waals surface area contributed by atoms with Crippen molar-refractivity contribution in [1.29, 1.82) is 0 Å². The second-order valence-electron chi connectivity index (χ2n) is 6.23. The van der Waals surface area contributed by atoms with Crippen molar-refractivity contribution in [3.63, 3.8) is 0 Å². The molecule has 1 atom stereocenters. The minimum Gasteiger partial charge on any atom is -0.507 e. The average molecular weight is 293 g/mol. The third-order valence-electron chi connectivity index (χ3n) is 4.20. The molecule has 2 rings (SSSR count). The van der Waals surface area contributed by atoms with E-state index in [-0.39, 0.29) is 11.3 Å². The highest BCUT2D eigenvalue weighted by atomic mass is 16.7. The van der Waals surface area contributed by atoms with Crippen LogP contribution in [0.2, 0.25) is 0 Å². The number of carboxylic acids is 1. The smallest absolute Gasteiger partial charge is 0.480 e. The summed E-state index contributed by atoms with van der Waals surface area (Å²) in [6.45, 7) is 7.66. The molecule has 6 nitrogen and oxygen atoms in total. The van der Waals surface area contributed by atoms with E-state index in [0.717, 1.165) is 0 Å². The largest absolute Gasteiger partial charge is 0.507 e. The first kappa shape index (κ1) is 15.8. The Bertz CT molecular complexity index is 556. The molecule has 4 N–H and O–H groups in total. The van der Waals surface area contributed by atoms with E-state index in [1.165, 1.54) is 12.1 Å². The molecule has 1 saturated heterocycles. The van der Waals surface area contributed by atoms with Crippen molar-refractivity contribution >= 4 is 13.1 Å². The predicted octanol–water partition coefficient (Wildman–Crippen LogP) is 1.72. The molecule has 1 heterocycles. The van der Waals surface area contributed by atoms with Gasteiger partial charge in [-0.3, -0.25) is 0 Å². The van der Waals surface area contributed by atoms with E-state index in [2.05, 4.69) is 0 Å². The van der Waals surface area contributed by atoms with E-state index in [9.17, 15) is 9.90 Å². The fraction of sp³-hybridized carbons (Fsp3) is 0.500. The van der Waals surface area contributed by atoms with E-state index in [1.54, 1.807) is 6.07 Å². The molecule has 1 fully saturated rings. The van der Waals surface area contributed by atoms with E-state index >= 15 is 0 Å². The van der Waals surface area contributed by atoms with Gasteiger partial charge >= 0.3 is 13.1 Å². The lowest BCUT2D eigenvalue weighted by atomic mass is 9.74. The van der Waals surface area contributed by atoms with Gasteiger partial charge in [-0.15, -0.1) is 0 Å². The summed E-state index contributed by atoms with van der Waals surface area (Å²) in [6, 6.07) is 4.22. The van der Waals surface area contributed by atoms with Crippen LogP contribution in [0, 0.1) is 0 Å². The van der Waals surface area contributed by atoms with E-state index in [0.29, 0.717) is 5.56 Å². The molecule has 1 aliphatic rings. The second kappa shape index (κ2) is 5.01. The molecule has 0 saturated carbocycles. The third kappa shape index (κ3) is 2.77. The molecular weight excluding hydrogens is 273 g/mol. The number of carboxylic acid groups (broad SMARTS) is 1. The fourth-order valence-corrected chi connectivity index (χ4v) is 2.12. The summed E-state index contributed by atoms with van der Waals surface area (Å²) in [6.07, 6.45) is 0. The predicted molar refractivity (Wildman–Crippen MR) is 78.1 cm³/mol. The molecule has 21 heavy (non-hydrogen) atoms. The first-order chi connectivity index (χ1) is 9.55. The molecule has 0 unspecified atom stereocenters. The van der Waals surface area contributed by atoms with Gasteiger partial charge in [0, 0.05) is 0 Å². The molecule has 0 spiro atoms. The lowest BCUT2D eigenvalue weighted by molar-refractivity contribution is 0.00578. The molecule has 1 aromatic carbocycles. The Kier molecular flexibility index (Phi) is 3.78. The van der Waals surface area contributed by atoms with Crippen LogP contribution in [0.25, 0.3) is 0 Å². The zero-order valence-electron chi connectivity index (χ0n) is 12.6. The van der Waals surface area contributed by atoms with Gasteiger partial charge in [-0.2, -0.15) is 0 Å². The molecule has 0 bridgehead atoms. The molecule has 0 amide bonds. The van der Waals surface area contributed by atoms with Crippen LogP contribution in [0.4, 0.5) is 0 Å². The molecule has 1 aliphatic heterocycles. The minimum atomic E-state index is -1.21. The Labute approximate surface area is 124 Å². The van der Waals surface area contributed by atoms with Crippen molar-refractivity contribution in [2.24, 2.45) is 5.73 Å². The van der Waals surface area contributed by atoms with Crippen LogP contribution >= 0.6 is 0 Å². The number of aromatic hydroxyl groups is 1. The van der Waals surface area contributed by atoms with E-state index in [4.69, 9.17) is 20.1 Å². The summed E-state index contributed by atoms with van der Waals surface area (Å²) in [5.74, 6) is -2.16. The Morgan fingerprint density at radius 2 is 1.76 bits per heavy atom. The van der Waals surface area contributed by atoms with E-state index < -0.39 is 30.2 Å². The molecule has 0 aromatic heterocycles. The maximum atomic E-state index is 11.1. The maximum absolute atomic E-state index is 11.1. The molecule has 7 heteroatoms. The van der Waals surface area contributed by atoms with Crippen molar-refractivity contribution in [2.45, 2.75) is 44.8 Å². The normalized spacial score (nSPS) is 21.3. The van der Waals surface area contributed by atoms with Crippen LogP contribution in [0.1, 0.15) is 49.6 Å². The summed E-state index contributed by atoms with van der Waals surface area (Å²) < 4.78 is 11.7. The topological polar surface area (TPSA) is 102 Å². The molecular formula is C14H20BNO5. The summed E-state index contributed by atoms with van der Waals surface area (Å²) >= 11 is 0. The summed E-state index contributed by atoms with van der Waals surface area (Å²) in [5, 5.41) is 18.6. The number of aromatic carboxylic acids is 1. The SMILES string of the molecule is CC1(C)OB([C@H](N)c2ccc(O)c(C(=O)O)c2)OC1(C)C. The standard InChI is InChI=1S/C14H20BNO5/c1-13(2)14(3,4)21-15(20-13)11(16)8-5-6-10(17)9(7-8)12(18)19/h5-7,11,17H,16H2,1-4H3,(H,18,19)/t11-/m1/s1. The average Bonchev–Trinajstić information content (AvgIpc) is 2.58. The Morgan fingerprint density at radius 1 is 1.24 bits per heavy atom. The van der Waals surface area contributed by atoms with Crippen LogP contribution in [0.3, 0.4) is 0 Å². The maximum Gasteiger partial charge on any atom is 0.480 e. The van der Waals surface area contributed by atoms with Gasteiger partial charge in [-0.05, 0) is 45.4 Å². The van der Waals surface area contributed by atoms with Crippen LogP contribution in [-0.2, 0) is 9.31 Å². The zero-order valence-corrected chi connectivity index (χ0v) is 12.6. The van der Waals surface area contributed by atoms with Crippen molar-refractivity contribution in [1.82, 2.24) is 0 Å². The first-order valence-corrected chi connectivity index (χ1v) is 6.72. The number of phenols is 1. The van der Waals surface area contributed by atoms with Gasteiger partial charge in [-0.1, -0.05) is 6.07 Å². The van der Waals surface area contributed by atoms with Crippen molar-refractivity contribution in [3.05, 3.63) is 29.3 Å². The number of carbonyl (C=O) groups is 1. The van der Waals surface area contributed by atoms with Gasteiger partial charge in [0.05, 0.1) is 17.1 Å². The Morgan fingerprint density at radius 3 is 2.24 bits per heavy atom. The van der Waals surface area contributed by atoms with Gasteiger partial charge in [0.2, 0.25) is 0 Å². The highest BCUT2D eigenvalue weighted by Gasteiger charge is 2.53. The number of nitrogens with two attached hydrogens (primary N) is 1. The van der Waals surface area contributed by atoms with Crippen LogP contribution in [0.15, 0.2) is 18.2 Å². The van der Waals surface area contributed by atoms with Gasteiger partial charge in [0.25, 0.3) is 0 Å². The molecule has 114 valence electrons. The number of hydrogen-bond donors (Lipinski definition) is 3. The van der Waals surface area contributed by atoms with Crippen LogP contribution in [-0.4, -0.2) is 34.5 Å². The molecule has 0 aliphatic carbocycles. The number of rotatable bonds is 3. The lowest BCUT2D eigenvalue weighted by Gasteiger charge is -2.32. The van der Waals surface area contributed by atoms with Crippen molar-refractivity contribution in [2.75, 3.05) is 0 Å².